The molecule has 2 aromatic rings. The summed E-state index contributed by atoms with van der Waals surface area (Å²) in [6, 6.07) is 4.85. The van der Waals surface area contributed by atoms with E-state index in [-0.39, 0.29) is 5.56 Å². The van der Waals surface area contributed by atoms with Gasteiger partial charge in [0, 0.05) is 25.0 Å². The van der Waals surface area contributed by atoms with E-state index in [4.69, 9.17) is 0 Å². The maximum Gasteiger partial charge on any atom is 0.393 e. The monoisotopic (exact) mass is 460 g/mol. The Morgan fingerprint density at radius 3 is 2.30 bits per heavy atom. The molecule has 0 radical (unpaired) electrons. The number of hydrogen-bond acceptors (Lipinski definition) is 4. The second kappa shape index (κ2) is 9.40. The molecule has 180 valence electrons. The highest BCUT2D eigenvalue weighted by molar-refractivity contribution is 5.89. The van der Waals surface area contributed by atoms with Crippen LogP contribution in [0.25, 0.3) is 10.9 Å². The van der Waals surface area contributed by atoms with E-state index in [0.29, 0.717) is 10.9 Å². The number of fused-ring (bicyclic) bond motifs is 1. The molecule has 2 aliphatic heterocycles. The van der Waals surface area contributed by atoms with E-state index in [1.165, 1.54) is 77.0 Å². The van der Waals surface area contributed by atoms with E-state index < -0.39 is 12.6 Å². The number of anilines is 1. The zero-order valence-corrected chi connectivity index (χ0v) is 19.4. The predicted octanol–water partition coefficient (Wildman–Crippen LogP) is 6.00. The van der Waals surface area contributed by atoms with Crippen molar-refractivity contribution in [2.75, 3.05) is 37.6 Å². The van der Waals surface area contributed by atoms with Crippen molar-refractivity contribution in [3.05, 3.63) is 30.1 Å². The molecule has 33 heavy (non-hydrogen) atoms. The standard InChI is InChI=1S/C26H35F3N4/c27-26(28,29)17-21-6-7-23-22(16-21)24(31-19-30-23)33-14-10-25(11-15-33)8-12-32(13-9-25)18-20-4-2-1-3-5-20/h6-7,16,19-20H,1-5,8-15,17-18H2. The van der Waals surface area contributed by atoms with Gasteiger partial charge in [-0.3, -0.25) is 0 Å². The van der Waals surface area contributed by atoms with Crippen molar-refractivity contribution in [3.8, 4) is 0 Å². The molecule has 0 atom stereocenters. The second-order valence-electron chi connectivity index (χ2n) is 10.6. The quantitative estimate of drug-likeness (QED) is 0.560. The third kappa shape index (κ3) is 5.44. The normalized spacial score (nSPS) is 22.8. The number of hydrogen-bond donors (Lipinski definition) is 0. The van der Waals surface area contributed by atoms with Crippen LogP contribution in [-0.2, 0) is 6.42 Å². The van der Waals surface area contributed by atoms with Crippen LogP contribution >= 0.6 is 0 Å². The van der Waals surface area contributed by atoms with Crippen LogP contribution < -0.4 is 4.90 Å². The van der Waals surface area contributed by atoms with Crippen LogP contribution in [0.2, 0.25) is 0 Å². The van der Waals surface area contributed by atoms with Crippen molar-refractivity contribution in [1.29, 1.82) is 0 Å². The van der Waals surface area contributed by atoms with E-state index in [1.807, 2.05) is 0 Å². The lowest BCUT2D eigenvalue weighted by Gasteiger charge is -2.47. The van der Waals surface area contributed by atoms with Crippen LogP contribution in [0.3, 0.4) is 0 Å². The summed E-state index contributed by atoms with van der Waals surface area (Å²) in [6.07, 6.45) is 8.28. The van der Waals surface area contributed by atoms with Gasteiger partial charge in [-0.05, 0) is 80.6 Å². The van der Waals surface area contributed by atoms with Gasteiger partial charge >= 0.3 is 6.18 Å². The molecule has 0 amide bonds. The topological polar surface area (TPSA) is 32.3 Å². The molecule has 1 spiro atoms. The average molecular weight is 461 g/mol. The number of halogens is 3. The molecular formula is C26H35F3N4. The lowest BCUT2D eigenvalue weighted by molar-refractivity contribution is -0.127. The first-order valence-corrected chi connectivity index (χ1v) is 12.7. The summed E-state index contributed by atoms with van der Waals surface area (Å²) in [5.74, 6) is 1.69. The highest BCUT2D eigenvalue weighted by atomic mass is 19.4. The van der Waals surface area contributed by atoms with E-state index in [9.17, 15) is 13.2 Å². The molecule has 0 bridgehead atoms. The molecule has 0 unspecified atom stereocenters. The maximum atomic E-state index is 12.9. The van der Waals surface area contributed by atoms with Crippen molar-refractivity contribution >= 4 is 16.7 Å². The van der Waals surface area contributed by atoms with E-state index in [2.05, 4.69) is 19.8 Å². The van der Waals surface area contributed by atoms with Gasteiger partial charge in [-0.15, -0.1) is 0 Å². The van der Waals surface area contributed by atoms with Crippen molar-refractivity contribution in [1.82, 2.24) is 14.9 Å². The average Bonchev–Trinajstić information content (AvgIpc) is 2.81. The maximum absolute atomic E-state index is 12.9. The van der Waals surface area contributed by atoms with Crippen molar-refractivity contribution in [3.63, 3.8) is 0 Å². The highest BCUT2D eigenvalue weighted by Gasteiger charge is 2.38. The van der Waals surface area contributed by atoms with E-state index in [0.717, 1.165) is 43.1 Å². The summed E-state index contributed by atoms with van der Waals surface area (Å²) < 4.78 is 38.7. The Labute approximate surface area is 194 Å². The zero-order valence-electron chi connectivity index (χ0n) is 19.4. The number of rotatable bonds is 4. The Hall–Kier alpha value is -1.89. The molecule has 1 aromatic heterocycles. The van der Waals surface area contributed by atoms with Crippen LogP contribution in [0, 0.1) is 11.3 Å². The van der Waals surface area contributed by atoms with Gasteiger partial charge in [0.05, 0.1) is 11.9 Å². The molecule has 4 nitrogen and oxygen atoms in total. The van der Waals surface area contributed by atoms with Gasteiger partial charge in [-0.1, -0.05) is 25.3 Å². The third-order valence-electron chi connectivity index (χ3n) is 8.36. The fraction of sp³-hybridized carbons (Fsp3) is 0.692. The first kappa shape index (κ1) is 22.9. The summed E-state index contributed by atoms with van der Waals surface area (Å²) in [5, 5.41) is 0.734. The number of benzene rings is 1. The fourth-order valence-electron chi connectivity index (χ4n) is 6.32. The zero-order chi connectivity index (χ0) is 22.9. The molecule has 1 saturated carbocycles. The minimum Gasteiger partial charge on any atom is -0.356 e. The van der Waals surface area contributed by atoms with E-state index in [1.54, 1.807) is 12.1 Å². The predicted molar refractivity (Wildman–Crippen MR) is 125 cm³/mol. The molecule has 1 aliphatic carbocycles. The van der Waals surface area contributed by atoms with Crippen LogP contribution in [-0.4, -0.2) is 53.8 Å². The van der Waals surface area contributed by atoms with Gasteiger partial charge in [-0.25, -0.2) is 9.97 Å². The number of alkyl halides is 3. The Kier molecular flexibility index (Phi) is 6.51. The smallest absolute Gasteiger partial charge is 0.356 e. The first-order valence-electron chi connectivity index (χ1n) is 12.7. The fourth-order valence-corrected chi connectivity index (χ4v) is 6.32. The van der Waals surface area contributed by atoms with Gasteiger partial charge in [0.15, 0.2) is 0 Å². The van der Waals surface area contributed by atoms with Crippen LogP contribution in [0.15, 0.2) is 24.5 Å². The summed E-state index contributed by atoms with van der Waals surface area (Å²) >= 11 is 0. The molecule has 1 aromatic carbocycles. The summed E-state index contributed by atoms with van der Waals surface area (Å²) in [6.45, 7) is 5.55. The lowest BCUT2D eigenvalue weighted by Crippen LogP contribution is -2.48. The molecule has 0 N–H and O–H groups in total. The van der Waals surface area contributed by atoms with E-state index >= 15 is 0 Å². The van der Waals surface area contributed by atoms with Crippen LogP contribution in [0.1, 0.15) is 63.4 Å². The Morgan fingerprint density at radius 2 is 1.61 bits per heavy atom. The number of likely N-dealkylation sites (tertiary alicyclic amines) is 1. The first-order chi connectivity index (χ1) is 15.9. The van der Waals surface area contributed by atoms with Gasteiger partial charge in [0.2, 0.25) is 0 Å². The van der Waals surface area contributed by atoms with Gasteiger partial charge in [-0.2, -0.15) is 13.2 Å². The van der Waals surface area contributed by atoms with Crippen molar-refractivity contribution in [2.24, 2.45) is 11.3 Å². The van der Waals surface area contributed by atoms with Gasteiger partial charge in [0.25, 0.3) is 0 Å². The molecule has 7 heteroatoms. The second-order valence-corrected chi connectivity index (χ2v) is 10.6. The molecular weight excluding hydrogens is 425 g/mol. The van der Waals surface area contributed by atoms with Crippen molar-refractivity contribution < 1.29 is 13.2 Å². The number of nitrogens with zero attached hydrogens (tertiary/aromatic N) is 4. The molecule has 2 saturated heterocycles. The largest absolute Gasteiger partial charge is 0.393 e. The Balaban J connectivity index is 1.22. The minimum atomic E-state index is -4.22. The van der Waals surface area contributed by atoms with Gasteiger partial charge in [0.1, 0.15) is 12.1 Å². The summed E-state index contributed by atoms with van der Waals surface area (Å²) in [5.41, 5.74) is 1.40. The number of aromatic nitrogens is 2. The Bertz CT molecular complexity index is 936. The van der Waals surface area contributed by atoms with Gasteiger partial charge < -0.3 is 9.80 Å². The Morgan fingerprint density at radius 1 is 0.909 bits per heavy atom. The highest BCUT2D eigenvalue weighted by Crippen LogP contribution is 2.43. The summed E-state index contributed by atoms with van der Waals surface area (Å²) in [7, 11) is 0. The van der Waals surface area contributed by atoms with Crippen LogP contribution in [0.5, 0.6) is 0 Å². The minimum absolute atomic E-state index is 0.268. The third-order valence-corrected chi connectivity index (χ3v) is 8.36. The summed E-state index contributed by atoms with van der Waals surface area (Å²) in [4.78, 5) is 13.8. The number of piperidine rings is 2. The molecule has 3 heterocycles. The SMILES string of the molecule is FC(F)(F)Cc1ccc2ncnc(N3CCC4(CCN(CC5CCCCC5)CC4)CC3)c2c1. The molecule has 5 rings (SSSR count). The van der Waals surface area contributed by atoms with Crippen molar-refractivity contribution in [2.45, 2.75) is 70.4 Å². The molecule has 3 fully saturated rings. The molecule has 3 aliphatic rings. The lowest BCUT2D eigenvalue weighted by atomic mass is 9.71. The van der Waals surface area contributed by atoms with Crippen LogP contribution in [0.4, 0.5) is 19.0 Å².